The Bertz CT molecular complexity index is 79.0. The second-order valence-electron chi connectivity index (χ2n) is 2.19. The van der Waals surface area contributed by atoms with Crippen molar-refractivity contribution in [3.05, 3.63) is 0 Å². The van der Waals surface area contributed by atoms with Crippen molar-refractivity contribution in [3.8, 4) is 0 Å². The third-order valence-corrected chi connectivity index (χ3v) is 1.34. The summed E-state index contributed by atoms with van der Waals surface area (Å²) in [4.78, 5) is 0. The maximum absolute atomic E-state index is 5.55. The van der Waals surface area contributed by atoms with Crippen LogP contribution in [0.1, 0.15) is 0 Å². The van der Waals surface area contributed by atoms with Crippen molar-refractivity contribution in [1.82, 2.24) is 0 Å². The van der Waals surface area contributed by atoms with Gasteiger partial charge in [0.25, 0.3) is 0 Å². The van der Waals surface area contributed by atoms with Crippen molar-refractivity contribution in [2.24, 2.45) is 11.5 Å². The lowest BCUT2D eigenvalue weighted by molar-refractivity contribution is -0.0338. The van der Waals surface area contributed by atoms with Crippen LogP contribution < -0.4 is 11.5 Å². The fourth-order valence-electron chi connectivity index (χ4n) is 0.675. The van der Waals surface area contributed by atoms with E-state index >= 15 is 0 Å². The van der Waals surface area contributed by atoms with Gasteiger partial charge < -0.3 is 20.9 Å². The van der Waals surface area contributed by atoms with E-state index in [1.807, 2.05) is 0 Å². The van der Waals surface area contributed by atoms with Crippen molar-refractivity contribution >= 4 is 0 Å². The minimum Gasteiger partial charge on any atom is -0.354 e. The summed E-state index contributed by atoms with van der Waals surface area (Å²) in [6.45, 7) is 1.32. The monoisotopic (exact) mass is 132 g/mol. The Morgan fingerprint density at radius 2 is 1.44 bits per heavy atom. The topological polar surface area (TPSA) is 70.5 Å². The van der Waals surface area contributed by atoms with Crippen molar-refractivity contribution in [1.29, 1.82) is 0 Å². The zero-order valence-corrected chi connectivity index (χ0v) is 5.25. The van der Waals surface area contributed by atoms with E-state index in [0.717, 1.165) is 0 Å². The Hall–Kier alpha value is -0.160. The minimum absolute atomic E-state index is 0.0764. The molecule has 1 fully saturated rings. The lowest BCUT2D eigenvalue weighted by Crippen LogP contribution is -2.45. The van der Waals surface area contributed by atoms with Crippen LogP contribution in [0.15, 0.2) is 0 Å². The second kappa shape index (κ2) is 3.12. The summed E-state index contributed by atoms with van der Waals surface area (Å²) >= 11 is 0. The van der Waals surface area contributed by atoms with Crippen molar-refractivity contribution < 1.29 is 9.47 Å². The number of nitrogens with two attached hydrogens (primary N) is 2. The van der Waals surface area contributed by atoms with Crippen LogP contribution >= 0.6 is 0 Å². The molecular weight excluding hydrogens is 120 g/mol. The van der Waals surface area contributed by atoms with Crippen LogP contribution in [-0.2, 0) is 9.47 Å². The van der Waals surface area contributed by atoms with Crippen LogP contribution in [0.3, 0.4) is 0 Å². The molecule has 0 spiro atoms. The quantitative estimate of drug-likeness (QED) is 0.427. The maximum atomic E-state index is 5.55. The summed E-state index contributed by atoms with van der Waals surface area (Å²) in [5.41, 5.74) is 11.1. The second-order valence-corrected chi connectivity index (χ2v) is 2.19. The van der Waals surface area contributed by atoms with Gasteiger partial charge in [-0.3, -0.25) is 0 Å². The number of ether oxygens (including phenoxy) is 2. The predicted octanol–water partition coefficient (Wildman–Crippen LogP) is -1.35. The van der Waals surface area contributed by atoms with Gasteiger partial charge in [0.15, 0.2) is 0 Å². The Labute approximate surface area is 54.1 Å². The first-order valence-corrected chi connectivity index (χ1v) is 2.97. The Kier molecular flexibility index (Phi) is 2.41. The largest absolute Gasteiger partial charge is 0.354 e. The molecule has 1 rings (SSSR count). The van der Waals surface area contributed by atoms with Gasteiger partial charge in [0.1, 0.15) is 6.79 Å². The van der Waals surface area contributed by atoms with Gasteiger partial charge in [-0.05, 0) is 0 Å². The summed E-state index contributed by atoms with van der Waals surface area (Å²) in [5, 5.41) is 0. The highest BCUT2D eigenvalue weighted by atomic mass is 16.7. The van der Waals surface area contributed by atoms with E-state index in [4.69, 9.17) is 20.9 Å². The molecule has 0 aliphatic carbocycles. The maximum Gasteiger partial charge on any atom is 0.146 e. The molecule has 1 aliphatic heterocycles. The summed E-state index contributed by atoms with van der Waals surface area (Å²) in [5.74, 6) is 0. The van der Waals surface area contributed by atoms with Crippen LogP contribution in [0.4, 0.5) is 0 Å². The molecule has 0 unspecified atom stereocenters. The van der Waals surface area contributed by atoms with E-state index in [-0.39, 0.29) is 12.1 Å². The zero-order chi connectivity index (χ0) is 6.69. The number of rotatable bonds is 0. The van der Waals surface area contributed by atoms with E-state index in [1.165, 1.54) is 0 Å². The molecule has 0 radical (unpaired) electrons. The summed E-state index contributed by atoms with van der Waals surface area (Å²) < 4.78 is 9.90. The first-order chi connectivity index (χ1) is 4.30. The lowest BCUT2D eigenvalue weighted by Gasteiger charge is -2.12. The van der Waals surface area contributed by atoms with Crippen molar-refractivity contribution in [2.45, 2.75) is 12.1 Å². The average molecular weight is 132 g/mol. The molecule has 0 aromatic heterocycles. The molecule has 2 atom stereocenters. The van der Waals surface area contributed by atoms with Gasteiger partial charge in [-0.1, -0.05) is 0 Å². The van der Waals surface area contributed by atoms with E-state index < -0.39 is 0 Å². The fraction of sp³-hybridized carbons (Fsp3) is 1.00. The molecular formula is C5H12N2O2. The normalized spacial score (nSPS) is 38.0. The first kappa shape index (κ1) is 6.95. The van der Waals surface area contributed by atoms with Gasteiger partial charge in [-0.15, -0.1) is 0 Å². The first-order valence-electron chi connectivity index (χ1n) is 2.97. The molecule has 0 bridgehead atoms. The van der Waals surface area contributed by atoms with E-state index in [2.05, 4.69) is 0 Å². The number of hydrogen-bond acceptors (Lipinski definition) is 4. The molecule has 0 amide bonds. The molecule has 0 saturated carbocycles. The smallest absolute Gasteiger partial charge is 0.146 e. The predicted molar refractivity (Wildman–Crippen MR) is 32.7 cm³/mol. The Morgan fingerprint density at radius 3 is 1.89 bits per heavy atom. The molecule has 4 heteroatoms. The number of hydrogen-bond donors (Lipinski definition) is 2. The van der Waals surface area contributed by atoms with E-state index in [0.29, 0.717) is 20.0 Å². The van der Waals surface area contributed by atoms with Gasteiger partial charge >= 0.3 is 0 Å². The van der Waals surface area contributed by atoms with E-state index in [1.54, 1.807) is 0 Å². The van der Waals surface area contributed by atoms with Crippen molar-refractivity contribution in [2.75, 3.05) is 20.0 Å². The molecule has 4 nitrogen and oxygen atoms in total. The minimum atomic E-state index is -0.0764. The van der Waals surface area contributed by atoms with Crippen molar-refractivity contribution in [3.63, 3.8) is 0 Å². The summed E-state index contributed by atoms with van der Waals surface area (Å²) in [7, 11) is 0. The van der Waals surface area contributed by atoms with Crippen LogP contribution in [0.5, 0.6) is 0 Å². The lowest BCUT2D eigenvalue weighted by atomic mass is 10.2. The summed E-state index contributed by atoms with van der Waals surface area (Å²) in [6.07, 6.45) is 0. The third-order valence-electron chi connectivity index (χ3n) is 1.34. The Balaban J connectivity index is 2.32. The van der Waals surface area contributed by atoms with Gasteiger partial charge in [-0.2, -0.15) is 0 Å². The highest BCUT2D eigenvalue weighted by Gasteiger charge is 2.16. The summed E-state index contributed by atoms with van der Waals surface area (Å²) in [6, 6.07) is -0.153. The van der Waals surface area contributed by atoms with E-state index in [9.17, 15) is 0 Å². The highest BCUT2D eigenvalue weighted by Crippen LogP contribution is 1.95. The van der Waals surface area contributed by atoms with Gasteiger partial charge in [0.2, 0.25) is 0 Å². The average Bonchev–Trinajstić information content (AvgIpc) is 1.99. The fourth-order valence-corrected chi connectivity index (χ4v) is 0.675. The molecule has 1 aliphatic rings. The molecule has 1 heterocycles. The highest BCUT2D eigenvalue weighted by molar-refractivity contribution is 4.75. The molecule has 0 aromatic rings. The van der Waals surface area contributed by atoms with Crippen LogP contribution in [-0.4, -0.2) is 32.1 Å². The third kappa shape index (κ3) is 1.91. The van der Waals surface area contributed by atoms with Crippen LogP contribution in [0.25, 0.3) is 0 Å². The van der Waals surface area contributed by atoms with Gasteiger partial charge in [0.05, 0.1) is 13.2 Å². The Morgan fingerprint density at radius 1 is 1.00 bits per heavy atom. The molecule has 1 saturated heterocycles. The molecule has 4 N–H and O–H groups in total. The standard InChI is InChI=1S/C5H12N2O2/c6-4-1-8-3-9-2-5(4)7/h4-5H,1-3,6-7H2/t4-,5+. The molecule has 9 heavy (non-hydrogen) atoms. The zero-order valence-electron chi connectivity index (χ0n) is 5.25. The molecule has 0 aromatic carbocycles. The van der Waals surface area contributed by atoms with Gasteiger partial charge in [0, 0.05) is 12.1 Å². The van der Waals surface area contributed by atoms with Crippen LogP contribution in [0, 0.1) is 0 Å². The van der Waals surface area contributed by atoms with Gasteiger partial charge in [-0.25, -0.2) is 0 Å². The molecule has 54 valence electrons. The SMILES string of the molecule is N[C@@H]1COCOC[C@@H]1N. The van der Waals surface area contributed by atoms with Crippen LogP contribution in [0.2, 0.25) is 0 Å².